The van der Waals surface area contributed by atoms with Crippen molar-refractivity contribution in [2.45, 2.75) is 19.4 Å². The third-order valence-electron chi connectivity index (χ3n) is 3.70. The van der Waals surface area contributed by atoms with E-state index in [9.17, 15) is 4.57 Å². The van der Waals surface area contributed by atoms with Crippen LogP contribution >= 0.6 is 7.60 Å². The highest BCUT2D eigenvalue weighted by Gasteiger charge is 2.33. The van der Waals surface area contributed by atoms with E-state index in [1.807, 2.05) is 34.9 Å². The molecule has 118 valence electrons. The van der Waals surface area contributed by atoms with E-state index in [2.05, 4.69) is 13.2 Å². The third-order valence-corrected chi connectivity index (χ3v) is 5.66. The lowest BCUT2D eigenvalue weighted by molar-refractivity contribution is 0.286. The van der Waals surface area contributed by atoms with Gasteiger partial charge in [0.15, 0.2) is 0 Å². The molecule has 5 heteroatoms. The summed E-state index contributed by atoms with van der Waals surface area (Å²) in [7, 11) is -0.547. The summed E-state index contributed by atoms with van der Waals surface area (Å²) in [5, 5.41) is 1.96. The first-order valence-electron chi connectivity index (χ1n) is 7.17. The van der Waals surface area contributed by atoms with Crippen LogP contribution in [0.5, 0.6) is 0 Å². The van der Waals surface area contributed by atoms with Gasteiger partial charge >= 0.3 is 7.60 Å². The molecule has 2 aromatic rings. The smallest absolute Gasteiger partial charge is 0.334 e. The summed E-state index contributed by atoms with van der Waals surface area (Å²) in [4.78, 5) is 0. The first-order valence-corrected chi connectivity index (χ1v) is 8.71. The standard InChI is InChI=1S/C17H22NO3P/c1-5-7-12-16-14-10-8-9-11-15(14)17(18(16)13-6-2)22(19,20-3)21-4/h5-6,8-11H,1-2,7,12-13H2,3-4H3. The Morgan fingerprint density at radius 3 is 2.32 bits per heavy atom. The molecular formula is C17H22NO3P. The maximum Gasteiger partial charge on any atom is 0.377 e. The van der Waals surface area contributed by atoms with Crippen LogP contribution in [0.2, 0.25) is 0 Å². The van der Waals surface area contributed by atoms with Gasteiger partial charge in [-0.05, 0) is 12.8 Å². The van der Waals surface area contributed by atoms with Gasteiger partial charge in [0, 0.05) is 37.2 Å². The summed E-state index contributed by atoms with van der Waals surface area (Å²) < 4.78 is 25.5. The Hall–Kier alpha value is -1.61. The van der Waals surface area contributed by atoms with Crippen molar-refractivity contribution in [2.75, 3.05) is 14.2 Å². The number of hydrogen-bond donors (Lipinski definition) is 0. The van der Waals surface area contributed by atoms with E-state index in [4.69, 9.17) is 9.05 Å². The second-order valence-electron chi connectivity index (χ2n) is 4.91. The van der Waals surface area contributed by atoms with E-state index in [0.717, 1.165) is 29.3 Å². The van der Waals surface area contributed by atoms with Crippen LogP contribution < -0.4 is 5.44 Å². The maximum absolute atomic E-state index is 13.0. The van der Waals surface area contributed by atoms with Crippen LogP contribution in [0.1, 0.15) is 12.1 Å². The number of aryl methyl sites for hydroxylation is 1. The quantitative estimate of drug-likeness (QED) is 0.544. The summed E-state index contributed by atoms with van der Waals surface area (Å²) >= 11 is 0. The molecule has 0 bridgehead atoms. The molecule has 4 nitrogen and oxygen atoms in total. The van der Waals surface area contributed by atoms with Gasteiger partial charge in [-0.1, -0.05) is 36.4 Å². The molecule has 0 fully saturated rings. The largest absolute Gasteiger partial charge is 0.377 e. The predicted octanol–water partition coefficient (Wildman–Crippen LogP) is 4.06. The molecule has 1 aromatic carbocycles. The van der Waals surface area contributed by atoms with E-state index >= 15 is 0 Å². The Kier molecular flexibility index (Phi) is 5.41. The van der Waals surface area contributed by atoms with Crippen molar-refractivity contribution in [3.63, 3.8) is 0 Å². The summed E-state index contributed by atoms with van der Waals surface area (Å²) in [5.41, 5.74) is 1.69. The third kappa shape index (κ3) is 2.82. The molecule has 0 amide bonds. The molecule has 1 aromatic heterocycles. The summed E-state index contributed by atoms with van der Waals surface area (Å²) in [5.74, 6) is 0. The molecule has 0 aliphatic heterocycles. The zero-order chi connectivity index (χ0) is 16.2. The minimum atomic E-state index is -3.37. The van der Waals surface area contributed by atoms with Crippen molar-refractivity contribution in [3.05, 3.63) is 55.3 Å². The zero-order valence-corrected chi connectivity index (χ0v) is 14.0. The number of nitrogens with zero attached hydrogens (tertiary/aromatic N) is 1. The first-order chi connectivity index (χ1) is 10.6. The minimum absolute atomic E-state index is 0.549. The molecule has 0 N–H and O–H groups in total. The Morgan fingerprint density at radius 1 is 1.14 bits per heavy atom. The van der Waals surface area contributed by atoms with Crippen LogP contribution in [-0.2, 0) is 26.6 Å². The molecular weight excluding hydrogens is 297 g/mol. The van der Waals surface area contributed by atoms with Crippen LogP contribution in [0.3, 0.4) is 0 Å². The van der Waals surface area contributed by atoms with Crippen molar-refractivity contribution >= 4 is 23.8 Å². The van der Waals surface area contributed by atoms with Crippen molar-refractivity contribution in [1.82, 2.24) is 4.57 Å². The van der Waals surface area contributed by atoms with Gasteiger partial charge in [-0.15, -0.1) is 13.2 Å². The van der Waals surface area contributed by atoms with Gasteiger partial charge in [-0.2, -0.15) is 0 Å². The Morgan fingerprint density at radius 2 is 1.77 bits per heavy atom. The normalized spacial score (nSPS) is 11.7. The molecule has 0 radical (unpaired) electrons. The summed E-state index contributed by atoms with van der Waals surface area (Å²) in [6, 6.07) is 7.89. The van der Waals surface area contributed by atoms with Gasteiger partial charge in [0.05, 0.1) is 0 Å². The summed E-state index contributed by atoms with van der Waals surface area (Å²) in [6.07, 6.45) is 5.32. The average molecular weight is 319 g/mol. The van der Waals surface area contributed by atoms with E-state index < -0.39 is 7.60 Å². The van der Waals surface area contributed by atoms with Crippen molar-refractivity contribution in [3.8, 4) is 0 Å². The molecule has 22 heavy (non-hydrogen) atoms. The number of benzene rings is 1. The van der Waals surface area contributed by atoms with Crippen molar-refractivity contribution in [2.24, 2.45) is 0 Å². The molecule has 0 atom stereocenters. The van der Waals surface area contributed by atoms with Gasteiger partial charge in [0.2, 0.25) is 0 Å². The molecule has 0 saturated carbocycles. The topological polar surface area (TPSA) is 40.5 Å². The molecule has 0 aliphatic rings. The van der Waals surface area contributed by atoms with Crippen LogP contribution in [0.25, 0.3) is 10.8 Å². The second-order valence-corrected chi connectivity index (χ2v) is 7.05. The SMILES string of the molecule is C=CCCc1c2ccccc2c(P(=O)(OC)OC)n1CC=C. The highest BCUT2D eigenvalue weighted by molar-refractivity contribution is 7.62. The number of allylic oxidation sites excluding steroid dienone is 2. The molecule has 0 saturated heterocycles. The summed E-state index contributed by atoms with van der Waals surface area (Å²) in [6.45, 7) is 8.14. The average Bonchev–Trinajstić information content (AvgIpc) is 2.86. The van der Waals surface area contributed by atoms with E-state index in [1.54, 1.807) is 6.08 Å². The first kappa shape index (κ1) is 16.8. The van der Waals surface area contributed by atoms with Gasteiger partial charge in [0.1, 0.15) is 5.44 Å². The Balaban J connectivity index is 2.82. The number of fused-ring (bicyclic) bond motifs is 1. The monoisotopic (exact) mass is 319 g/mol. The fourth-order valence-electron chi connectivity index (χ4n) is 2.73. The Bertz CT molecular complexity index is 725. The molecule has 2 rings (SSSR count). The highest BCUT2D eigenvalue weighted by Crippen LogP contribution is 2.48. The minimum Gasteiger partial charge on any atom is -0.334 e. The van der Waals surface area contributed by atoms with Crippen LogP contribution in [-0.4, -0.2) is 18.8 Å². The lowest BCUT2D eigenvalue weighted by Gasteiger charge is -2.17. The van der Waals surface area contributed by atoms with Gasteiger partial charge < -0.3 is 13.6 Å². The van der Waals surface area contributed by atoms with E-state index in [1.165, 1.54) is 14.2 Å². The number of hydrogen-bond acceptors (Lipinski definition) is 3. The van der Waals surface area contributed by atoms with Gasteiger partial charge in [0.25, 0.3) is 0 Å². The van der Waals surface area contributed by atoms with Crippen LogP contribution in [0.4, 0.5) is 0 Å². The fraction of sp³-hybridized carbons (Fsp3) is 0.294. The maximum atomic E-state index is 13.0. The second kappa shape index (κ2) is 7.10. The fourth-order valence-corrected chi connectivity index (χ4v) is 4.21. The molecule has 0 aliphatic carbocycles. The Labute approximate surface area is 131 Å². The molecule has 0 unspecified atom stereocenters. The number of rotatable bonds is 8. The van der Waals surface area contributed by atoms with Crippen LogP contribution in [0, 0.1) is 0 Å². The van der Waals surface area contributed by atoms with Crippen molar-refractivity contribution < 1.29 is 13.6 Å². The van der Waals surface area contributed by atoms with Gasteiger partial charge in [-0.25, -0.2) is 0 Å². The lowest BCUT2D eigenvalue weighted by Crippen LogP contribution is -2.21. The van der Waals surface area contributed by atoms with Crippen LogP contribution in [0.15, 0.2) is 49.6 Å². The van der Waals surface area contributed by atoms with Crippen molar-refractivity contribution in [1.29, 1.82) is 0 Å². The molecule has 1 heterocycles. The number of aromatic nitrogens is 1. The van der Waals surface area contributed by atoms with E-state index in [-0.39, 0.29) is 0 Å². The highest BCUT2D eigenvalue weighted by atomic mass is 31.2. The lowest BCUT2D eigenvalue weighted by atomic mass is 10.1. The van der Waals surface area contributed by atoms with Gasteiger partial charge in [-0.3, -0.25) is 4.57 Å². The predicted molar refractivity (Wildman–Crippen MR) is 91.9 cm³/mol. The zero-order valence-electron chi connectivity index (χ0n) is 13.1. The van der Waals surface area contributed by atoms with E-state index in [0.29, 0.717) is 12.0 Å². The molecule has 0 spiro atoms.